The predicted octanol–water partition coefficient (Wildman–Crippen LogP) is 4.31. The zero-order valence-corrected chi connectivity index (χ0v) is 15.9. The van der Waals surface area contributed by atoms with E-state index < -0.39 is 0 Å². The predicted molar refractivity (Wildman–Crippen MR) is 109 cm³/mol. The second-order valence-corrected chi connectivity index (χ2v) is 6.57. The standard InChI is InChI=1S/C22H24N4O/c1-15-8-7-9-16(2)21(15)26-22(27)19-14-20(25-17(3)24-19)23-13-12-18-10-5-4-6-11-18/h4-11,14H,12-13H2,1-3H3,(H,26,27)(H,23,24,25). The number of rotatable bonds is 6. The van der Waals surface area contributed by atoms with Crippen LogP contribution in [0.5, 0.6) is 0 Å². The minimum Gasteiger partial charge on any atom is -0.370 e. The highest BCUT2D eigenvalue weighted by Gasteiger charge is 2.13. The van der Waals surface area contributed by atoms with Crippen LogP contribution in [-0.2, 0) is 6.42 Å². The number of benzene rings is 2. The summed E-state index contributed by atoms with van der Waals surface area (Å²) in [5.74, 6) is 0.987. The molecule has 0 saturated heterocycles. The smallest absolute Gasteiger partial charge is 0.274 e. The topological polar surface area (TPSA) is 66.9 Å². The van der Waals surface area contributed by atoms with Gasteiger partial charge in [0.05, 0.1) is 0 Å². The molecule has 1 amide bonds. The molecule has 0 saturated carbocycles. The fourth-order valence-corrected chi connectivity index (χ4v) is 2.94. The largest absolute Gasteiger partial charge is 0.370 e. The van der Waals surface area contributed by atoms with E-state index in [1.807, 2.05) is 50.2 Å². The van der Waals surface area contributed by atoms with Crippen molar-refractivity contribution >= 4 is 17.4 Å². The molecule has 0 unspecified atom stereocenters. The summed E-state index contributed by atoms with van der Waals surface area (Å²) in [5, 5.41) is 6.26. The van der Waals surface area contributed by atoms with Crippen molar-refractivity contribution in [3.8, 4) is 0 Å². The fourth-order valence-electron chi connectivity index (χ4n) is 2.94. The van der Waals surface area contributed by atoms with Gasteiger partial charge in [-0.25, -0.2) is 9.97 Å². The van der Waals surface area contributed by atoms with E-state index in [4.69, 9.17) is 0 Å². The van der Waals surface area contributed by atoms with Crippen LogP contribution >= 0.6 is 0 Å². The van der Waals surface area contributed by atoms with Crippen molar-refractivity contribution in [1.82, 2.24) is 9.97 Å². The fraction of sp³-hybridized carbons (Fsp3) is 0.227. The van der Waals surface area contributed by atoms with E-state index in [1.54, 1.807) is 13.0 Å². The lowest BCUT2D eigenvalue weighted by Gasteiger charge is -2.12. The Kier molecular flexibility index (Phi) is 5.81. The van der Waals surface area contributed by atoms with Crippen molar-refractivity contribution in [2.75, 3.05) is 17.2 Å². The minimum absolute atomic E-state index is 0.232. The molecule has 0 aliphatic heterocycles. The summed E-state index contributed by atoms with van der Waals surface area (Å²) in [6, 6.07) is 17.9. The number of para-hydroxylation sites is 1. The molecule has 0 aliphatic rings. The third-order valence-corrected chi connectivity index (χ3v) is 4.35. The molecule has 0 atom stereocenters. The molecule has 0 radical (unpaired) electrons. The third kappa shape index (κ3) is 4.91. The Bertz CT molecular complexity index is 918. The van der Waals surface area contributed by atoms with Gasteiger partial charge < -0.3 is 10.6 Å². The van der Waals surface area contributed by atoms with E-state index in [0.29, 0.717) is 17.3 Å². The summed E-state index contributed by atoms with van der Waals surface area (Å²) in [6.07, 6.45) is 0.883. The summed E-state index contributed by atoms with van der Waals surface area (Å²) < 4.78 is 0. The number of nitrogens with one attached hydrogen (secondary N) is 2. The first-order valence-electron chi connectivity index (χ1n) is 9.04. The van der Waals surface area contributed by atoms with E-state index >= 15 is 0 Å². The second-order valence-electron chi connectivity index (χ2n) is 6.57. The molecule has 0 bridgehead atoms. The summed E-state index contributed by atoms with van der Waals surface area (Å²) >= 11 is 0. The van der Waals surface area contributed by atoms with Crippen molar-refractivity contribution in [2.45, 2.75) is 27.2 Å². The zero-order chi connectivity index (χ0) is 19.2. The van der Waals surface area contributed by atoms with Gasteiger partial charge in [-0.05, 0) is 43.9 Å². The van der Waals surface area contributed by atoms with Gasteiger partial charge >= 0.3 is 0 Å². The van der Waals surface area contributed by atoms with Crippen molar-refractivity contribution < 1.29 is 4.79 Å². The van der Waals surface area contributed by atoms with Crippen molar-refractivity contribution in [1.29, 1.82) is 0 Å². The van der Waals surface area contributed by atoms with E-state index in [0.717, 1.165) is 29.8 Å². The number of anilines is 2. The Hall–Kier alpha value is -3.21. The highest BCUT2D eigenvalue weighted by Crippen LogP contribution is 2.20. The molecule has 2 N–H and O–H groups in total. The molecule has 3 rings (SSSR count). The van der Waals surface area contributed by atoms with Gasteiger partial charge in [0.25, 0.3) is 5.91 Å². The second kappa shape index (κ2) is 8.45. The van der Waals surface area contributed by atoms with Crippen molar-refractivity contribution in [3.63, 3.8) is 0 Å². The molecular weight excluding hydrogens is 336 g/mol. The molecule has 27 heavy (non-hydrogen) atoms. The van der Waals surface area contributed by atoms with Gasteiger partial charge in [-0.1, -0.05) is 48.5 Å². The van der Waals surface area contributed by atoms with E-state index in [1.165, 1.54) is 5.56 Å². The summed E-state index contributed by atoms with van der Waals surface area (Å²) in [5.41, 5.74) is 4.49. The molecule has 0 aliphatic carbocycles. The zero-order valence-electron chi connectivity index (χ0n) is 15.9. The Morgan fingerprint density at radius 3 is 2.33 bits per heavy atom. The van der Waals surface area contributed by atoms with Crippen LogP contribution in [0.1, 0.15) is 33.0 Å². The van der Waals surface area contributed by atoms with Gasteiger partial charge in [0, 0.05) is 18.3 Å². The van der Waals surface area contributed by atoms with Crippen LogP contribution in [0, 0.1) is 20.8 Å². The summed E-state index contributed by atoms with van der Waals surface area (Å²) in [7, 11) is 0. The Morgan fingerprint density at radius 1 is 0.926 bits per heavy atom. The normalized spacial score (nSPS) is 10.5. The molecule has 138 valence electrons. The van der Waals surface area contributed by atoms with Crippen LogP contribution in [0.3, 0.4) is 0 Å². The number of carbonyl (C=O) groups excluding carboxylic acids is 1. The number of aromatic nitrogens is 2. The maximum atomic E-state index is 12.7. The summed E-state index contributed by atoms with van der Waals surface area (Å²) in [6.45, 7) is 6.48. The van der Waals surface area contributed by atoms with Gasteiger partial charge in [-0.15, -0.1) is 0 Å². The van der Waals surface area contributed by atoms with Crippen LogP contribution in [0.4, 0.5) is 11.5 Å². The first kappa shape index (κ1) is 18.6. The highest BCUT2D eigenvalue weighted by molar-refractivity contribution is 6.04. The molecule has 1 heterocycles. The molecule has 5 nitrogen and oxygen atoms in total. The maximum Gasteiger partial charge on any atom is 0.274 e. The van der Waals surface area contributed by atoms with E-state index in [-0.39, 0.29) is 5.91 Å². The monoisotopic (exact) mass is 360 g/mol. The molecular formula is C22H24N4O. The molecule has 3 aromatic rings. The lowest BCUT2D eigenvalue weighted by Crippen LogP contribution is -2.17. The van der Waals surface area contributed by atoms with E-state index in [9.17, 15) is 4.79 Å². The molecule has 0 spiro atoms. The van der Waals surface area contributed by atoms with Crippen LogP contribution in [-0.4, -0.2) is 22.4 Å². The number of aryl methyl sites for hydroxylation is 3. The highest BCUT2D eigenvalue weighted by atomic mass is 16.1. The molecule has 0 fully saturated rings. The molecule has 5 heteroatoms. The SMILES string of the molecule is Cc1nc(NCCc2ccccc2)cc(C(=O)Nc2c(C)cccc2C)n1. The lowest BCUT2D eigenvalue weighted by atomic mass is 10.1. The summed E-state index contributed by atoms with van der Waals surface area (Å²) in [4.78, 5) is 21.4. The quantitative estimate of drug-likeness (QED) is 0.687. The number of nitrogens with zero attached hydrogens (tertiary/aromatic N) is 2. The Labute approximate surface area is 159 Å². The van der Waals surface area contributed by atoms with E-state index in [2.05, 4.69) is 32.7 Å². The Morgan fingerprint density at radius 2 is 1.63 bits per heavy atom. The average Bonchev–Trinajstić information content (AvgIpc) is 2.65. The van der Waals surface area contributed by atoms with Gasteiger partial charge in [-0.2, -0.15) is 0 Å². The van der Waals surface area contributed by atoms with Gasteiger partial charge in [0.15, 0.2) is 0 Å². The lowest BCUT2D eigenvalue weighted by molar-refractivity contribution is 0.102. The van der Waals surface area contributed by atoms with Crippen molar-refractivity contribution in [3.05, 3.63) is 82.8 Å². The van der Waals surface area contributed by atoms with Crippen molar-refractivity contribution in [2.24, 2.45) is 0 Å². The maximum absolute atomic E-state index is 12.7. The third-order valence-electron chi connectivity index (χ3n) is 4.35. The van der Waals surface area contributed by atoms with Gasteiger partial charge in [0.1, 0.15) is 17.3 Å². The van der Waals surface area contributed by atoms with Crippen LogP contribution in [0.15, 0.2) is 54.6 Å². The number of carbonyl (C=O) groups is 1. The van der Waals surface area contributed by atoms with Crippen LogP contribution in [0.2, 0.25) is 0 Å². The number of hydrogen-bond donors (Lipinski definition) is 2. The first-order chi connectivity index (χ1) is 13.0. The van der Waals surface area contributed by atoms with Gasteiger partial charge in [-0.3, -0.25) is 4.79 Å². The van der Waals surface area contributed by atoms with Crippen LogP contribution < -0.4 is 10.6 Å². The minimum atomic E-state index is -0.232. The number of amides is 1. The molecule has 2 aromatic carbocycles. The van der Waals surface area contributed by atoms with Crippen LogP contribution in [0.25, 0.3) is 0 Å². The van der Waals surface area contributed by atoms with Gasteiger partial charge in [0.2, 0.25) is 0 Å². The first-order valence-corrected chi connectivity index (χ1v) is 9.04. The number of hydrogen-bond acceptors (Lipinski definition) is 4. The average molecular weight is 360 g/mol. The Balaban J connectivity index is 1.70. The molecule has 1 aromatic heterocycles.